The van der Waals surface area contributed by atoms with Crippen LogP contribution in [0.5, 0.6) is 57.5 Å². The summed E-state index contributed by atoms with van der Waals surface area (Å²) in [5, 5.41) is 38.5. The summed E-state index contributed by atoms with van der Waals surface area (Å²) in [7, 11) is 0. The van der Waals surface area contributed by atoms with Gasteiger partial charge in [-0.3, -0.25) is 0 Å². The second-order valence-electron chi connectivity index (χ2n) is 6.59. The molecule has 31 heavy (non-hydrogen) atoms. The molecular formula is C24H18O7. The zero-order chi connectivity index (χ0) is 21.8. The lowest BCUT2D eigenvalue weighted by molar-refractivity contribution is 0.396. The Labute approximate surface area is 177 Å². The summed E-state index contributed by atoms with van der Waals surface area (Å²) in [6.45, 7) is 0. The van der Waals surface area contributed by atoms with E-state index in [9.17, 15) is 20.4 Å². The largest absolute Gasteiger partial charge is 0.508 e. The van der Waals surface area contributed by atoms with Gasteiger partial charge in [-0.1, -0.05) is 12.1 Å². The molecule has 0 atom stereocenters. The number of hydrogen-bond acceptors (Lipinski definition) is 7. The van der Waals surface area contributed by atoms with Crippen LogP contribution in [0.3, 0.4) is 0 Å². The average molecular weight is 418 g/mol. The third-order valence-corrected chi connectivity index (χ3v) is 4.14. The molecular weight excluding hydrogens is 400 g/mol. The third kappa shape index (κ3) is 5.10. The molecule has 156 valence electrons. The standard InChI is InChI=1S/C24H18O7/c25-15-3-1-5-17(9-15)29-20-11-21(30-18-6-2-4-16(26)10-18)13-22(12-20)31-19-7-8-23(27)24(28)14-19/h1-14,25-28H. The molecule has 0 bridgehead atoms. The molecule has 0 saturated carbocycles. The third-order valence-electron chi connectivity index (χ3n) is 4.14. The maximum atomic E-state index is 9.70. The van der Waals surface area contributed by atoms with Gasteiger partial charge in [0.1, 0.15) is 46.0 Å². The van der Waals surface area contributed by atoms with E-state index in [0.717, 1.165) is 0 Å². The summed E-state index contributed by atoms with van der Waals surface area (Å²) >= 11 is 0. The Bertz CT molecular complexity index is 1150. The Morgan fingerprint density at radius 2 is 0.839 bits per heavy atom. The van der Waals surface area contributed by atoms with Gasteiger partial charge in [-0.05, 0) is 36.4 Å². The number of benzene rings is 4. The van der Waals surface area contributed by atoms with E-state index in [1.165, 1.54) is 42.5 Å². The van der Waals surface area contributed by atoms with Gasteiger partial charge in [0.15, 0.2) is 11.5 Å². The van der Waals surface area contributed by atoms with Crippen LogP contribution in [-0.2, 0) is 0 Å². The number of phenols is 4. The summed E-state index contributed by atoms with van der Waals surface area (Å²) < 4.78 is 17.4. The highest BCUT2D eigenvalue weighted by atomic mass is 16.5. The minimum absolute atomic E-state index is 0.0562. The van der Waals surface area contributed by atoms with Crippen molar-refractivity contribution >= 4 is 0 Å². The monoisotopic (exact) mass is 418 g/mol. The molecule has 0 aliphatic heterocycles. The van der Waals surface area contributed by atoms with E-state index < -0.39 is 0 Å². The van der Waals surface area contributed by atoms with Crippen LogP contribution < -0.4 is 14.2 Å². The number of ether oxygens (including phenoxy) is 3. The first-order chi connectivity index (χ1) is 14.9. The predicted octanol–water partition coefficient (Wildman–Crippen LogP) is 5.89. The molecule has 0 amide bonds. The second-order valence-corrected chi connectivity index (χ2v) is 6.59. The van der Waals surface area contributed by atoms with Gasteiger partial charge in [-0.2, -0.15) is 0 Å². The molecule has 0 aliphatic rings. The van der Waals surface area contributed by atoms with Crippen molar-refractivity contribution in [1.29, 1.82) is 0 Å². The summed E-state index contributed by atoms with van der Waals surface area (Å²) in [6.07, 6.45) is 0. The maximum Gasteiger partial charge on any atom is 0.161 e. The van der Waals surface area contributed by atoms with Gasteiger partial charge < -0.3 is 34.6 Å². The summed E-state index contributed by atoms with van der Waals surface area (Å²) in [6, 6.07) is 21.5. The Morgan fingerprint density at radius 1 is 0.387 bits per heavy atom. The van der Waals surface area contributed by atoms with Gasteiger partial charge in [0, 0.05) is 36.4 Å². The first-order valence-electron chi connectivity index (χ1n) is 9.23. The number of phenolic OH excluding ortho intramolecular Hbond substituents is 4. The molecule has 7 nitrogen and oxygen atoms in total. The lowest BCUT2D eigenvalue weighted by Crippen LogP contribution is -1.91. The number of hydrogen-bond donors (Lipinski definition) is 4. The van der Waals surface area contributed by atoms with Gasteiger partial charge in [0.2, 0.25) is 0 Å². The van der Waals surface area contributed by atoms with Gasteiger partial charge in [-0.15, -0.1) is 0 Å². The van der Waals surface area contributed by atoms with Crippen LogP contribution in [0.2, 0.25) is 0 Å². The zero-order valence-corrected chi connectivity index (χ0v) is 16.1. The van der Waals surface area contributed by atoms with Crippen molar-refractivity contribution in [3.05, 3.63) is 84.9 Å². The molecule has 0 spiro atoms. The lowest BCUT2D eigenvalue weighted by atomic mass is 10.2. The minimum atomic E-state index is -0.319. The van der Waals surface area contributed by atoms with Crippen LogP contribution in [0.1, 0.15) is 0 Å². The fraction of sp³-hybridized carbons (Fsp3) is 0. The second kappa shape index (κ2) is 8.46. The van der Waals surface area contributed by atoms with Gasteiger partial charge >= 0.3 is 0 Å². The van der Waals surface area contributed by atoms with Crippen LogP contribution in [-0.4, -0.2) is 20.4 Å². The minimum Gasteiger partial charge on any atom is -0.508 e. The summed E-state index contributed by atoms with van der Waals surface area (Å²) in [4.78, 5) is 0. The predicted molar refractivity (Wildman–Crippen MR) is 113 cm³/mol. The van der Waals surface area contributed by atoms with Crippen LogP contribution in [0.4, 0.5) is 0 Å². The fourth-order valence-corrected chi connectivity index (χ4v) is 2.79. The van der Waals surface area contributed by atoms with Crippen molar-refractivity contribution < 1.29 is 34.6 Å². The molecule has 0 radical (unpaired) electrons. The summed E-state index contributed by atoms with van der Waals surface area (Å²) in [5.74, 6) is 1.68. The average Bonchev–Trinajstić information content (AvgIpc) is 2.71. The zero-order valence-electron chi connectivity index (χ0n) is 16.1. The molecule has 4 aromatic carbocycles. The van der Waals surface area contributed by atoms with Crippen molar-refractivity contribution in [2.45, 2.75) is 0 Å². The lowest BCUT2D eigenvalue weighted by Gasteiger charge is -2.13. The molecule has 0 saturated heterocycles. The first kappa shape index (κ1) is 19.8. The van der Waals surface area contributed by atoms with Crippen molar-refractivity contribution in [2.75, 3.05) is 0 Å². The maximum absolute atomic E-state index is 9.70. The van der Waals surface area contributed by atoms with Gasteiger partial charge in [-0.25, -0.2) is 0 Å². The van der Waals surface area contributed by atoms with Crippen LogP contribution in [0.25, 0.3) is 0 Å². The molecule has 4 rings (SSSR count). The van der Waals surface area contributed by atoms with Crippen LogP contribution >= 0.6 is 0 Å². The molecule has 0 unspecified atom stereocenters. The molecule has 0 aliphatic carbocycles. The Kier molecular flexibility index (Phi) is 5.40. The molecule has 7 heteroatoms. The first-order valence-corrected chi connectivity index (χ1v) is 9.23. The normalized spacial score (nSPS) is 10.5. The highest BCUT2D eigenvalue weighted by molar-refractivity contribution is 5.49. The SMILES string of the molecule is Oc1cccc(Oc2cc(Oc3cccc(O)c3)cc(Oc3ccc(O)c(O)c3)c2)c1. The highest BCUT2D eigenvalue weighted by Gasteiger charge is 2.10. The van der Waals surface area contributed by atoms with E-state index in [-0.39, 0.29) is 28.7 Å². The molecule has 0 aromatic heterocycles. The topological polar surface area (TPSA) is 109 Å². The number of rotatable bonds is 6. The molecule has 0 fully saturated rings. The van der Waals surface area contributed by atoms with E-state index in [1.54, 1.807) is 42.5 Å². The van der Waals surface area contributed by atoms with Crippen molar-refractivity contribution in [3.8, 4) is 57.5 Å². The summed E-state index contributed by atoms with van der Waals surface area (Å²) in [5.41, 5.74) is 0. The van der Waals surface area contributed by atoms with E-state index in [0.29, 0.717) is 28.7 Å². The fourth-order valence-electron chi connectivity index (χ4n) is 2.79. The van der Waals surface area contributed by atoms with E-state index >= 15 is 0 Å². The smallest absolute Gasteiger partial charge is 0.161 e. The van der Waals surface area contributed by atoms with E-state index in [4.69, 9.17) is 14.2 Å². The molecule has 0 heterocycles. The van der Waals surface area contributed by atoms with Crippen molar-refractivity contribution in [2.24, 2.45) is 0 Å². The van der Waals surface area contributed by atoms with Crippen molar-refractivity contribution in [1.82, 2.24) is 0 Å². The van der Waals surface area contributed by atoms with Gasteiger partial charge in [0.25, 0.3) is 0 Å². The quantitative estimate of drug-likeness (QED) is 0.289. The highest BCUT2D eigenvalue weighted by Crippen LogP contribution is 2.37. The van der Waals surface area contributed by atoms with Crippen LogP contribution in [0, 0.1) is 0 Å². The van der Waals surface area contributed by atoms with E-state index in [1.807, 2.05) is 0 Å². The Hall–Kier alpha value is -4.52. The van der Waals surface area contributed by atoms with Crippen LogP contribution in [0.15, 0.2) is 84.9 Å². The van der Waals surface area contributed by atoms with Gasteiger partial charge in [0.05, 0.1) is 0 Å². The van der Waals surface area contributed by atoms with E-state index in [2.05, 4.69) is 0 Å². The Morgan fingerprint density at radius 3 is 1.26 bits per heavy atom. The molecule has 4 N–H and O–H groups in total. The molecule has 4 aromatic rings. The Balaban J connectivity index is 1.67. The number of aromatic hydroxyl groups is 4. The van der Waals surface area contributed by atoms with Crippen molar-refractivity contribution in [3.63, 3.8) is 0 Å².